The number of carbonyl (C=O) groups excluding carboxylic acids is 1. The van der Waals surface area contributed by atoms with Crippen molar-refractivity contribution >= 4 is 5.91 Å². The van der Waals surface area contributed by atoms with Crippen molar-refractivity contribution in [1.29, 1.82) is 0 Å². The van der Waals surface area contributed by atoms with Gasteiger partial charge in [-0.2, -0.15) is 0 Å². The summed E-state index contributed by atoms with van der Waals surface area (Å²) in [5.74, 6) is 2.46. The minimum absolute atomic E-state index is 0.0323. The van der Waals surface area contributed by atoms with Crippen molar-refractivity contribution < 1.29 is 18.8 Å². The molecule has 2 aromatic rings. The van der Waals surface area contributed by atoms with E-state index in [1.807, 2.05) is 30.0 Å². The van der Waals surface area contributed by atoms with Crippen LogP contribution in [0.25, 0.3) is 0 Å². The molecule has 0 radical (unpaired) electrons. The summed E-state index contributed by atoms with van der Waals surface area (Å²) in [5, 5.41) is 3.94. The van der Waals surface area contributed by atoms with E-state index in [2.05, 4.69) is 5.16 Å². The highest BCUT2D eigenvalue weighted by Crippen LogP contribution is 2.38. The summed E-state index contributed by atoms with van der Waals surface area (Å²) >= 11 is 0. The third-order valence-corrected chi connectivity index (χ3v) is 5.14. The number of aromatic nitrogens is 1. The molecule has 2 fully saturated rings. The van der Waals surface area contributed by atoms with Crippen LogP contribution >= 0.6 is 0 Å². The van der Waals surface area contributed by atoms with Crippen molar-refractivity contribution in [2.75, 3.05) is 13.7 Å². The monoisotopic (exact) mass is 342 g/mol. The molecular weight excluding hydrogens is 320 g/mol. The van der Waals surface area contributed by atoms with E-state index in [0.29, 0.717) is 34.9 Å². The Kier molecular flexibility index (Phi) is 4.11. The molecule has 0 spiro atoms. The topological polar surface area (TPSA) is 64.8 Å². The summed E-state index contributed by atoms with van der Waals surface area (Å²) in [6.45, 7) is 3.04. The van der Waals surface area contributed by atoms with Crippen LogP contribution in [0.1, 0.15) is 41.1 Å². The summed E-state index contributed by atoms with van der Waals surface area (Å²) in [4.78, 5) is 14.5. The number of methoxy groups -OCH3 is 1. The third kappa shape index (κ3) is 3.08. The van der Waals surface area contributed by atoms with Crippen molar-refractivity contribution in [2.45, 2.75) is 38.8 Å². The van der Waals surface area contributed by atoms with Gasteiger partial charge in [-0.1, -0.05) is 11.2 Å². The summed E-state index contributed by atoms with van der Waals surface area (Å²) < 4.78 is 16.4. The first kappa shape index (κ1) is 16.0. The molecule has 4 rings (SSSR count). The number of amides is 1. The van der Waals surface area contributed by atoms with E-state index in [4.69, 9.17) is 14.0 Å². The van der Waals surface area contributed by atoms with E-state index in [0.717, 1.165) is 24.9 Å². The van der Waals surface area contributed by atoms with Crippen LogP contribution in [0.4, 0.5) is 0 Å². The molecular formula is C19H22N2O4. The van der Waals surface area contributed by atoms with Crippen molar-refractivity contribution in [2.24, 2.45) is 5.92 Å². The van der Waals surface area contributed by atoms with Gasteiger partial charge in [0.05, 0.1) is 7.11 Å². The largest absolute Gasteiger partial charge is 0.493 e. The molecule has 0 unspecified atom stereocenters. The molecule has 1 saturated carbocycles. The molecule has 2 atom stereocenters. The first-order chi connectivity index (χ1) is 12.1. The van der Waals surface area contributed by atoms with Gasteiger partial charge in [0.1, 0.15) is 6.61 Å². The fourth-order valence-corrected chi connectivity index (χ4v) is 3.85. The number of ether oxygens (including phenoxy) is 2. The van der Waals surface area contributed by atoms with Gasteiger partial charge in [-0.05, 0) is 49.8 Å². The van der Waals surface area contributed by atoms with Crippen LogP contribution in [-0.4, -0.2) is 35.7 Å². The van der Waals surface area contributed by atoms with E-state index in [1.165, 1.54) is 6.42 Å². The van der Waals surface area contributed by atoms with Crippen LogP contribution in [0.3, 0.4) is 0 Å². The van der Waals surface area contributed by atoms with Gasteiger partial charge in [-0.25, -0.2) is 0 Å². The molecule has 1 aromatic heterocycles. The summed E-state index contributed by atoms with van der Waals surface area (Å²) in [7, 11) is 1.61. The number of fused-ring (bicyclic) bond motifs is 2. The number of hydrogen-bond acceptors (Lipinski definition) is 5. The molecule has 0 N–H and O–H groups in total. The lowest BCUT2D eigenvalue weighted by Crippen LogP contribution is -2.37. The van der Waals surface area contributed by atoms with E-state index >= 15 is 0 Å². The molecule has 132 valence electrons. The Morgan fingerprint density at radius 3 is 2.92 bits per heavy atom. The highest BCUT2D eigenvalue weighted by molar-refractivity contribution is 5.92. The number of benzene rings is 1. The first-order valence-electron chi connectivity index (χ1n) is 8.68. The minimum Gasteiger partial charge on any atom is -0.493 e. The summed E-state index contributed by atoms with van der Waals surface area (Å²) in [6.07, 6.45) is 3.48. The molecule has 1 aromatic carbocycles. The predicted octanol–water partition coefficient (Wildman–Crippen LogP) is 3.20. The van der Waals surface area contributed by atoms with E-state index < -0.39 is 0 Å². The molecule has 1 amide bonds. The molecule has 1 aliphatic carbocycles. The number of hydrogen-bond donors (Lipinski definition) is 0. The van der Waals surface area contributed by atoms with Crippen LogP contribution in [-0.2, 0) is 6.61 Å². The lowest BCUT2D eigenvalue weighted by atomic mass is 10.1. The second-order valence-corrected chi connectivity index (χ2v) is 6.91. The van der Waals surface area contributed by atoms with Crippen LogP contribution in [0.2, 0.25) is 0 Å². The number of rotatable bonds is 5. The van der Waals surface area contributed by atoms with Crippen molar-refractivity contribution in [3.63, 3.8) is 0 Å². The molecule has 1 aliphatic heterocycles. The smallest absolute Gasteiger partial charge is 0.276 e. The Labute approximate surface area is 146 Å². The van der Waals surface area contributed by atoms with Gasteiger partial charge in [-0.3, -0.25) is 4.79 Å². The fourth-order valence-electron chi connectivity index (χ4n) is 3.85. The van der Waals surface area contributed by atoms with Crippen LogP contribution in [0, 0.1) is 12.8 Å². The lowest BCUT2D eigenvalue weighted by molar-refractivity contribution is 0.0693. The number of carbonyl (C=O) groups is 1. The average molecular weight is 342 g/mol. The highest BCUT2D eigenvalue weighted by Gasteiger charge is 2.41. The Morgan fingerprint density at radius 1 is 1.32 bits per heavy atom. The first-order valence-corrected chi connectivity index (χ1v) is 8.68. The zero-order chi connectivity index (χ0) is 17.4. The number of nitrogens with zero attached hydrogens (tertiary/aromatic N) is 2. The molecule has 1 saturated heterocycles. The number of piperidine rings is 1. The Hall–Kier alpha value is -2.50. The van der Waals surface area contributed by atoms with Gasteiger partial charge >= 0.3 is 0 Å². The van der Waals surface area contributed by atoms with Crippen LogP contribution in [0.5, 0.6) is 11.5 Å². The van der Waals surface area contributed by atoms with E-state index in [9.17, 15) is 4.79 Å². The third-order valence-electron chi connectivity index (χ3n) is 5.14. The highest BCUT2D eigenvalue weighted by atomic mass is 16.5. The molecule has 2 heterocycles. The maximum absolute atomic E-state index is 12.6. The fraction of sp³-hybridized carbons (Fsp3) is 0.474. The lowest BCUT2D eigenvalue weighted by Gasteiger charge is -2.25. The van der Waals surface area contributed by atoms with Crippen LogP contribution < -0.4 is 9.47 Å². The van der Waals surface area contributed by atoms with E-state index in [1.54, 1.807) is 13.2 Å². The maximum Gasteiger partial charge on any atom is 0.276 e. The molecule has 6 nitrogen and oxygen atoms in total. The molecule has 25 heavy (non-hydrogen) atoms. The van der Waals surface area contributed by atoms with Crippen LogP contribution in [0.15, 0.2) is 28.8 Å². The Morgan fingerprint density at radius 2 is 2.20 bits per heavy atom. The zero-order valence-corrected chi connectivity index (χ0v) is 14.5. The second-order valence-electron chi connectivity index (χ2n) is 6.91. The molecule has 2 aliphatic rings. The summed E-state index contributed by atoms with van der Waals surface area (Å²) in [5.41, 5.74) is 1.46. The molecule has 2 bridgehead atoms. The Bertz CT molecular complexity index is 785. The normalized spacial score (nSPS) is 21.6. The van der Waals surface area contributed by atoms with Gasteiger partial charge < -0.3 is 18.9 Å². The Balaban J connectivity index is 1.41. The van der Waals surface area contributed by atoms with E-state index in [-0.39, 0.29) is 12.5 Å². The molecule has 6 heteroatoms. The number of likely N-dealkylation sites (tertiary alicyclic amines) is 1. The van der Waals surface area contributed by atoms with Gasteiger partial charge in [0.25, 0.3) is 5.91 Å². The van der Waals surface area contributed by atoms with Gasteiger partial charge in [0.2, 0.25) is 0 Å². The second kappa shape index (κ2) is 6.43. The number of aryl methyl sites for hydroxylation is 1. The van der Waals surface area contributed by atoms with Crippen molar-refractivity contribution in [3.05, 3.63) is 41.3 Å². The quantitative estimate of drug-likeness (QED) is 0.835. The van der Waals surface area contributed by atoms with Gasteiger partial charge in [0, 0.05) is 18.7 Å². The summed E-state index contributed by atoms with van der Waals surface area (Å²) in [6, 6.07) is 7.78. The van der Waals surface area contributed by atoms with Gasteiger partial charge in [0.15, 0.2) is 23.0 Å². The van der Waals surface area contributed by atoms with Gasteiger partial charge in [-0.15, -0.1) is 0 Å². The van der Waals surface area contributed by atoms with Crippen molar-refractivity contribution in [3.8, 4) is 11.5 Å². The predicted molar refractivity (Wildman–Crippen MR) is 90.7 cm³/mol. The van der Waals surface area contributed by atoms with Crippen molar-refractivity contribution in [1.82, 2.24) is 10.1 Å². The zero-order valence-electron chi connectivity index (χ0n) is 14.5. The SMILES string of the molecule is COc1cc(C)ccc1OCc1cc(C(=O)N2C[C@H]3CC[C@H]2C3)no1. The maximum atomic E-state index is 12.6. The minimum atomic E-state index is -0.0323. The standard InChI is InChI=1S/C19H22N2O4/c1-12-3-6-17(18(7-12)23-2)24-11-15-9-16(20-25-15)19(22)21-10-13-4-5-14(21)8-13/h3,6-7,9,13-14H,4-5,8,10-11H2,1-2H3/t13-,14-/m0/s1. The average Bonchev–Trinajstić information content (AvgIpc) is 3.36.